The lowest BCUT2D eigenvalue weighted by molar-refractivity contribution is -0.143. The van der Waals surface area contributed by atoms with Crippen molar-refractivity contribution in [3.63, 3.8) is 0 Å². The van der Waals surface area contributed by atoms with Crippen molar-refractivity contribution in [3.05, 3.63) is 29.8 Å². The first-order valence-electron chi connectivity index (χ1n) is 11.3. The first kappa shape index (κ1) is 31.5. The molecule has 0 heterocycles. The molecule has 3 amide bonds. The molecule has 8 N–H and O–H groups in total. The van der Waals surface area contributed by atoms with Crippen molar-refractivity contribution in [1.29, 1.82) is 0 Å². The van der Waals surface area contributed by atoms with Gasteiger partial charge in [-0.25, -0.2) is 4.79 Å². The standard InChI is InChI=1S/C23H36N4O7S2/c1-13(28)19(22(32)26-18(23(33)34)12-14-4-6-15(29)7-5-14)27-21(31)17(9-11-36-3)25-20(30)16(24)8-10-35-2/h4-7,13,16-19,28-29H,8-12,24H2,1-3H3,(H,25,30)(H,26,32)(H,27,31)(H,33,34). The lowest BCUT2D eigenvalue weighted by Crippen LogP contribution is -2.60. The van der Waals surface area contributed by atoms with Gasteiger partial charge in [0, 0.05) is 6.42 Å². The highest BCUT2D eigenvalue weighted by Crippen LogP contribution is 2.12. The Labute approximate surface area is 219 Å². The number of aliphatic hydroxyl groups is 1. The summed E-state index contributed by atoms with van der Waals surface area (Å²) in [7, 11) is 0. The molecule has 0 aliphatic rings. The maximum Gasteiger partial charge on any atom is 0.326 e. The summed E-state index contributed by atoms with van der Waals surface area (Å²) >= 11 is 3.01. The lowest BCUT2D eigenvalue weighted by atomic mass is 10.0. The van der Waals surface area contributed by atoms with Gasteiger partial charge in [-0.2, -0.15) is 23.5 Å². The number of aliphatic carboxylic acids is 1. The molecular weight excluding hydrogens is 508 g/mol. The van der Waals surface area contributed by atoms with Gasteiger partial charge in [0.25, 0.3) is 0 Å². The van der Waals surface area contributed by atoms with Crippen molar-refractivity contribution < 1.29 is 34.5 Å². The van der Waals surface area contributed by atoms with Crippen LogP contribution in [0.1, 0.15) is 25.3 Å². The second-order valence-electron chi connectivity index (χ2n) is 8.23. The van der Waals surface area contributed by atoms with Crippen molar-refractivity contribution in [2.75, 3.05) is 24.0 Å². The van der Waals surface area contributed by atoms with Crippen molar-refractivity contribution in [2.45, 2.75) is 56.5 Å². The number of rotatable bonds is 16. The summed E-state index contributed by atoms with van der Waals surface area (Å²) in [5.74, 6) is -2.16. The zero-order valence-corrected chi connectivity index (χ0v) is 22.2. The third-order valence-electron chi connectivity index (χ3n) is 5.27. The molecule has 11 nitrogen and oxygen atoms in total. The molecule has 0 spiro atoms. The number of aliphatic hydroxyl groups excluding tert-OH is 1. The first-order chi connectivity index (χ1) is 17.0. The number of carboxylic acids is 1. The van der Waals surface area contributed by atoms with E-state index in [0.717, 1.165) is 0 Å². The van der Waals surface area contributed by atoms with E-state index in [-0.39, 0.29) is 18.6 Å². The SMILES string of the molecule is CSCCC(N)C(=O)NC(CCSC)C(=O)NC(C(=O)NC(Cc1ccc(O)cc1)C(=O)O)C(C)O. The van der Waals surface area contributed by atoms with E-state index in [9.17, 15) is 34.5 Å². The summed E-state index contributed by atoms with van der Waals surface area (Å²) in [6.45, 7) is 1.29. The Hall–Kier alpha value is -2.48. The number of thioether (sulfide) groups is 2. The Kier molecular flexibility index (Phi) is 14.3. The van der Waals surface area contributed by atoms with Gasteiger partial charge in [-0.3, -0.25) is 14.4 Å². The fraction of sp³-hybridized carbons (Fsp3) is 0.565. The minimum atomic E-state index is -1.46. The molecule has 0 fully saturated rings. The predicted octanol–water partition coefficient (Wildman–Crippen LogP) is -0.312. The van der Waals surface area contributed by atoms with Gasteiger partial charge in [-0.15, -0.1) is 0 Å². The number of carboxylic acid groups (broad SMARTS) is 1. The van der Waals surface area contributed by atoms with Gasteiger partial charge >= 0.3 is 5.97 Å². The molecule has 0 aliphatic heterocycles. The molecule has 1 rings (SSSR count). The summed E-state index contributed by atoms with van der Waals surface area (Å²) in [5.41, 5.74) is 6.45. The Morgan fingerprint density at radius 1 is 0.889 bits per heavy atom. The molecule has 13 heteroatoms. The summed E-state index contributed by atoms with van der Waals surface area (Å²) in [4.78, 5) is 50.0. The quantitative estimate of drug-likeness (QED) is 0.145. The molecule has 0 saturated heterocycles. The van der Waals surface area contributed by atoms with Crippen LogP contribution in [-0.4, -0.2) is 93.3 Å². The summed E-state index contributed by atoms with van der Waals surface area (Å²) in [6, 6.07) is 1.23. The van der Waals surface area contributed by atoms with E-state index in [4.69, 9.17) is 5.73 Å². The van der Waals surface area contributed by atoms with Crippen LogP contribution in [-0.2, 0) is 25.6 Å². The molecular formula is C23H36N4O7S2. The maximum atomic E-state index is 13.0. The zero-order valence-electron chi connectivity index (χ0n) is 20.6. The zero-order chi connectivity index (χ0) is 27.3. The third kappa shape index (κ3) is 11.1. The molecule has 5 atom stereocenters. The minimum Gasteiger partial charge on any atom is -0.508 e. The van der Waals surface area contributed by atoms with E-state index in [1.165, 1.54) is 43.0 Å². The maximum absolute atomic E-state index is 13.0. The summed E-state index contributed by atoms with van der Waals surface area (Å²) in [6.07, 6.45) is 2.99. The van der Waals surface area contributed by atoms with E-state index in [0.29, 0.717) is 23.5 Å². The predicted molar refractivity (Wildman–Crippen MR) is 141 cm³/mol. The number of nitrogens with one attached hydrogen (secondary N) is 3. The average molecular weight is 545 g/mol. The monoisotopic (exact) mass is 544 g/mol. The topological polar surface area (TPSA) is 191 Å². The van der Waals surface area contributed by atoms with Crippen LogP contribution < -0.4 is 21.7 Å². The smallest absolute Gasteiger partial charge is 0.326 e. The van der Waals surface area contributed by atoms with Gasteiger partial charge in [-0.1, -0.05) is 12.1 Å². The Bertz CT molecular complexity index is 871. The number of hydrogen-bond donors (Lipinski definition) is 7. The highest BCUT2D eigenvalue weighted by Gasteiger charge is 2.32. The van der Waals surface area contributed by atoms with Crippen LogP contribution in [0, 0.1) is 0 Å². The number of benzene rings is 1. The molecule has 1 aromatic rings. The number of carbonyl (C=O) groups excluding carboxylic acids is 3. The molecule has 1 aromatic carbocycles. The van der Waals surface area contributed by atoms with E-state index in [1.807, 2.05) is 12.5 Å². The van der Waals surface area contributed by atoms with E-state index < -0.39 is 54.0 Å². The molecule has 0 aromatic heterocycles. The fourth-order valence-corrected chi connectivity index (χ4v) is 4.11. The van der Waals surface area contributed by atoms with Gasteiger partial charge in [-0.05, 0) is 61.5 Å². The number of amides is 3. The van der Waals surface area contributed by atoms with Gasteiger partial charge < -0.3 is 37.0 Å². The van der Waals surface area contributed by atoms with Crippen molar-refractivity contribution >= 4 is 47.2 Å². The molecule has 202 valence electrons. The van der Waals surface area contributed by atoms with Gasteiger partial charge in [0.05, 0.1) is 12.1 Å². The second-order valence-corrected chi connectivity index (χ2v) is 10.2. The third-order valence-corrected chi connectivity index (χ3v) is 6.55. The molecule has 0 aliphatic carbocycles. The number of phenols is 1. The number of hydrogen-bond acceptors (Lipinski definition) is 9. The first-order valence-corrected chi connectivity index (χ1v) is 14.1. The van der Waals surface area contributed by atoms with Crippen LogP contribution in [0.15, 0.2) is 24.3 Å². The van der Waals surface area contributed by atoms with Gasteiger partial charge in [0.15, 0.2) is 0 Å². The number of carbonyl (C=O) groups is 4. The molecule has 5 unspecified atom stereocenters. The average Bonchev–Trinajstić information content (AvgIpc) is 2.83. The lowest BCUT2D eigenvalue weighted by Gasteiger charge is -2.26. The van der Waals surface area contributed by atoms with E-state index >= 15 is 0 Å². The van der Waals surface area contributed by atoms with Gasteiger partial charge in [0.2, 0.25) is 17.7 Å². The number of aromatic hydroxyl groups is 1. The van der Waals surface area contributed by atoms with Crippen LogP contribution in [0.2, 0.25) is 0 Å². The number of nitrogens with two attached hydrogens (primary N) is 1. The molecule has 36 heavy (non-hydrogen) atoms. The summed E-state index contributed by atoms with van der Waals surface area (Å²) < 4.78 is 0. The fourth-order valence-electron chi connectivity index (χ4n) is 3.15. The Morgan fingerprint density at radius 3 is 1.97 bits per heavy atom. The van der Waals surface area contributed by atoms with Crippen LogP contribution >= 0.6 is 23.5 Å². The van der Waals surface area contributed by atoms with E-state index in [1.54, 1.807) is 11.8 Å². The van der Waals surface area contributed by atoms with Crippen molar-refractivity contribution in [1.82, 2.24) is 16.0 Å². The van der Waals surface area contributed by atoms with Crippen LogP contribution in [0.25, 0.3) is 0 Å². The van der Waals surface area contributed by atoms with Crippen LogP contribution in [0.4, 0.5) is 0 Å². The number of phenolic OH excluding ortho intramolecular Hbond substituents is 1. The van der Waals surface area contributed by atoms with Crippen LogP contribution in [0.5, 0.6) is 5.75 Å². The van der Waals surface area contributed by atoms with Crippen LogP contribution in [0.3, 0.4) is 0 Å². The highest BCUT2D eigenvalue weighted by molar-refractivity contribution is 7.98. The minimum absolute atomic E-state index is 0.0138. The van der Waals surface area contributed by atoms with E-state index in [2.05, 4.69) is 16.0 Å². The Balaban J connectivity index is 2.92. The summed E-state index contributed by atoms with van der Waals surface area (Å²) in [5, 5.41) is 36.5. The Morgan fingerprint density at radius 2 is 1.44 bits per heavy atom. The van der Waals surface area contributed by atoms with Crippen molar-refractivity contribution in [3.8, 4) is 5.75 Å². The highest BCUT2D eigenvalue weighted by atomic mass is 32.2. The molecule has 0 radical (unpaired) electrons. The second kappa shape index (κ2) is 16.3. The molecule has 0 saturated carbocycles. The van der Waals surface area contributed by atoms with Crippen molar-refractivity contribution in [2.24, 2.45) is 5.73 Å². The van der Waals surface area contributed by atoms with Gasteiger partial charge in [0.1, 0.15) is 23.9 Å². The normalized spacial score (nSPS) is 15.1. The largest absolute Gasteiger partial charge is 0.508 e. The molecule has 0 bridgehead atoms.